The van der Waals surface area contributed by atoms with Gasteiger partial charge in [-0.2, -0.15) is 0 Å². The molecule has 0 amide bonds. The lowest BCUT2D eigenvalue weighted by atomic mass is 10.2. The van der Waals surface area contributed by atoms with E-state index in [1.165, 1.54) is 11.3 Å². The van der Waals surface area contributed by atoms with Crippen LogP contribution in [0.5, 0.6) is 11.5 Å². The van der Waals surface area contributed by atoms with Gasteiger partial charge in [0.25, 0.3) is 0 Å². The number of aromatic nitrogens is 1. The predicted octanol–water partition coefficient (Wildman–Crippen LogP) is 2.22. The third-order valence-electron chi connectivity index (χ3n) is 2.74. The van der Waals surface area contributed by atoms with Gasteiger partial charge in [0.2, 0.25) is 6.79 Å². The first kappa shape index (κ1) is 12.7. The van der Waals surface area contributed by atoms with Gasteiger partial charge in [-0.3, -0.25) is 4.79 Å². The Morgan fingerprint density at radius 1 is 1.32 bits per heavy atom. The van der Waals surface area contributed by atoms with E-state index in [9.17, 15) is 4.79 Å². The van der Waals surface area contributed by atoms with Crippen LogP contribution in [0.3, 0.4) is 0 Å². The molecule has 0 radical (unpaired) electrons. The van der Waals surface area contributed by atoms with Gasteiger partial charge in [0.05, 0.1) is 0 Å². The summed E-state index contributed by atoms with van der Waals surface area (Å²) in [6.45, 7) is 1.57. The van der Waals surface area contributed by atoms with Crippen molar-refractivity contribution in [1.29, 1.82) is 0 Å². The van der Waals surface area contributed by atoms with Crippen LogP contribution in [-0.4, -0.2) is 11.8 Å². The molecule has 0 saturated carbocycles. The lowest BCUT2D eigenvalue weighted by Gasteiger charge is -2.07. The summed E-state index contributed by atoms with van der Waals surface area (Å²) >= 11 is 4.68. The van der Waals surface area contributed by atoms with Crippen molar-refractivity contribution in [2.45, 2.75) is 13.1 Å². The minimum Gasteiger partial charge on any atom is -0.454 e. The first-order valence-corrected chi connectivity index (χ1v) is 7.35. The number of ether oxygens (including phenoxy) is 2. The number of hydrogen-bond donors (Lipinski definition) is 2. The molecule has 3 rings (SSSR count). The molecule has 1 aromatic carbocycles. The number of rotatable bonds is 4. The minimum atomic E-state index is -0.0268. The standard InChI is InChI=1S/C12H11BrN2O3S/c13-9-2-11-10(17-6-18-11)1-7(9)3-14-4-8-5-19-12(16)15-8/h1-2,5,14H,3-4,6H2,(H,15,16). The van der Waals surface area contributed by atoms with Crippen LogP contribution in [0.4, 0.5) is 0 Å². The third-order valence-corrected chi connectivity index (χ3v) is 4.20. The molecule has 7 heteroatoms. The normalized spacial score (nSPS) is 12.9. The largest absolute Gasteiger partial charge is 0.454 e. The van der Waals surface area contributed by atoms with Crippen LogP contribution in [-0.2, 0) is 13.1 Å². The highest BCUT2D eigenvalue weighted by Crippen LogP contribution is 2.36. The van der Waals surface area contributed by atoms with Crippen molar-refractivity contribution in [3.63, 3.8) is 0 Å². The molecule has 1 aliphatic rings. The van der Waals surface area contributed by atoms with E-state index in [1.54, 1.807) is 0 Å². The van der Waals surface area contributed by atoms with Crippen molar-refractivity contribution in [3.05, 3.63) is 42.9 Å². The Balaban J connectivity index is 1.65. The van der Waals surface area contributed by atoms with Gasteiger partial charge in [-0.1, -0.05) is 27.3 Å². The molecule has 0 saturated heterocycles. The lowest BCUT2D eigenvalue weighted by molar-refractivity contribution is 0.174. The third kappa shape index (κ3) is 2.83. The number of thiazole rings is 1. The maximum absolute atomic E-state index is 11.0. The molecule has 0 unspecified atom stereocenters. The fourth-order valence-corrected chi connectivity index (χ4v) is 2.87. The minimum absolute atomic E-state index is 0.0268. The molecule has 0 bridgehead atoms. The monoisotopic (exact) mass is 342 g/mol. The zero-order valence-electron chi connectivity index (χ0n) is 9.86. The van der Waals surface area contributed by atoms with Gasteiger partial charge in [0, 0.05) is 28.6 Å². The zero-order chi connectivity index (χ0) is 13.2. The molecule has 1 aromatic heterocycles. The predicted molar refractivity (Wildman–Crippen MR) is 75.7 cm³/mol. The summed E-state index contributed by atoms with van der Waals surface area (Å²) < 4.78 is 11.6. The smallest absolute Gasteiger partial charge is 0.304 e. The van der Waals surface area contributed by atoms with Gasteiger partial charge in [-0.25, -0.2) is 0 Å². The number of fused-ring (bicyclic) bond motifs is 1. The van der Waals surface area contributed by atoms with Gasteiger partial charge < -0.3 is 19.8 Å². The fraction of sp³-hybridized carbons (Fsp3) is 0.250. The van der Waals surface area contributed by atoms with Gasteiger partial charge in [-0.05, 0) is 17.7 Å². The van der Waals surface area contributed by atoms with Crippen molar-refractivity contribution in [1.82, 2.24) is 10.3 Å². The Morgan fingerprint density at radius 2 is 2.11 bits per heavy atom. The molecule has 19 heavy (non-hydrogen) atoms. The summed E-state index contributed by atoms with van der Waals surface area (Å²) in [6, 6.07) is 3.86. The number of H-pyrrole nitrogens is 1. The highest BCUT2D eigenvalue weighted by molar-refractivity contribution is 9.10. The second kappa shape index (κ2) is 5.36. The zero-order valence-corrected chi connectivity index (χ0v) is 12.3. The van der Waals surface area contributed by atoms with E-state index in [2.05, 4.69) is 26.2 Å². The Morgan fingerprint density at radius 3 is 2.84 bits per heavy atom. The van der Waals surface area contributed by atoms with Crippen molar-refractivity contribution in [2.75, 3.05) is 6.79 Å². The van der Waals surface area contributed by atoms with E-state index in [1.807, 2.05) is 17.5 Å². The number of benzene rings is 1. The van der Waals surface area contributed by atoms with Crippen molar-refractivity contribution >= 4 is 27.3 Å². The molecular formula is C12H11BrN2O3S. The van der Waals surface area contributed by atoms with Crippen LogP contribution in [0.15, 0.2) is 26.8 Å². The van der Waals surface area contributed by atoms with Crippen LogP contribution in [0.25, 0.3) is 0 Å². The fourth-order valence-electron chi connectivity index (χ4n) is 1.83. The van der Waals surface area contributed by atoms with Crippen molar-refractivity contribution in [3.8, 4) is 11.5 Å². The molecule has 0 atom stereocenters. The molecule has 0 fully saturated rings. The summed E-state index contributed by atoms with van der Waals surface area (Å²) in [4.78, 5) is 13.7. The maximum Gasteiger partial charge on any atom is 0.304 e. The summed E-state index contributed by atoms with van der Waals surface area (Å²) in [6.07, 6.45) is 0. The van der Waals surface area contributed by atoms with E-state index in [4.69, 9.17) is 9.47 Å². The maximum atomic E-state index is 11.0. The highest BCUT2D eigenvalue weighted by atomic mass is 79.9. The average molecular weight is 343 g/mol. The molecule has 0 spiro atoms. The topological polar surface area (TPSA) is 63.4 Å². The quantitative estimate of drug-likeness (QED) is 0.894. The van der Waals surface area contributed by atoms with E-state index in [-0.39, 0.29) is 11.7 Å². The second-order valence-corrected chi connectivity index (χ2v) is 5.77. The number of nitrogens with one attached hydrogen (secondary N) is 2. The summed E-state index contributed by atoms with van der Waals surface area (Å²) in [5, 5.41) is 5.10. The Hall–Kier alpha value is -1.31. The Labute approximate surface area is 121 Å². The molecule has 1 aliphatic heterocycles. The first-order valence-electron chi connectivity index (χ1n) is 5.68. The van der Waals surface area contributed by atoms with Gasteiger partial charge in [0.15, 0.2) is 11.5 Å². The van der Waals surface area contributed by atoms with Crippen molar-refractivity contribution in [2.24, 2.45) is 0 Å². The Kier molecular flexibility index (Phi) is 3.58. The van der Waals surface area contributed by atoms with Gasteiger partial charge in [0.1, 0.15) is 0 Å². The van der Waals surface area contributed by atoms with Crippen LogP contribution >= 0.6 is 27.3 Å². The molecular weight excluding hydrogens is 332 g/mol. The number of halogens is 1. The molecule has 2 heterocycles. The SMILES string of the molecule is O=c1[nH]c(CNCc2cc3c(cc2Br)OCO3)cs1. The summed E-state index contributed by atoms with van der Waals surface area (Å²) in [7, 11) is 0. The van der Waals surface area contributed by atoms with Gasteiger partial charge >= 0.3 is 4.87 Å². The van der Waals surface area contributed by atoms with Crippen LogP contribution < -0.4 is 19.7 Å². The summed E-state index contributed by atoms with van der Waals surface area (Å²) in [5.41, 5.74) is 1.98. The van der Waals surface area contributed by atoms with Crippen LogP contribution in [0.2, 0.25) is 0 Å². The number of hydrogen-bond acceptors (Lipinski definition) is 5. The van der Waals surface area contributed by atoms with E-state index < -0.39 is 0 Å². The van der Waals surface area contributed by atoms with Crippen LogP contribution in [0.1, 0.15) is 11.3 Å². The van der Waals surface area contributed by atoms with E-state index in [0.29, 0.717) is 13.1 Å². The van der Waals surface area contributed by atoms with Crippen molar-refractivity contribution < 1.29 is 9.47 Å². The first-order chi connectivity index (χ1) is 9.22. The van der Waals surface area contributed by atoms with Gasteiger partial charge in [-0.15, -0.1) is 0 Å². The molecule has 100 valence electrons. The lowest BCUT2D eigenvalue weighted by Crippen LogP contribution is -2.14. The molecule has 2 aromatic rings. The second-order valence-electron chi connectivity index (χ2n) is 4.07. The highest BCUT2D eigenvalue weighted by Gasteiger charge is 2.15. The molecule has 2 N–H and O–H groups in total. The molecule has 0 aliphatic carbocycles. The van der Waals surface area contributed by atoms with Crippen LogP contribution in [0, 0.1) is 0 Å². The average Bonchev–Trinajstić information content (AvgIpc) is 2.98. The Bertz CT molecular complexity index is 653. The molecule has 5 nitrogen and oxygen atoms in total. The number of aromatic amines is 1. The summed E-state index contributed by atoms with van der Waals surface area (Å²) in [5.74, 6) is 1.53. The van der Waals surface area contributed by atoms with E-state index in [0.717, 1.165) is 27.2 Å². The van der Waals surface area contributed by atoms with E-state index >= 15 is 0 Å².